The predicted octanol–water partition coefficient (Wildman–Crippen LogP) is 12.9. The largest absolute Gasteiger partial charge is 2.00 e. The molecular weight excluding hydrogens is 837 g/mol. The Kier molecular flexibility index (Phi) is 18.6. The molecule has 0 amide bonds. The minimum absolute atomic E-state index is 0. The zero-order chi connectivity index (χ0) is 47.3. The van der Waals surface area contributed by atoms with Gasteiger partial charge in [-0.2, -0.15) is 17.1 Å². The first kappa shape index (κ1) is 52.9. The van der Waals surface area contributed by atoms with E-state index in [1.54, 1.807) is 6.92 Å². The van der Waals surface area contributed by atoms with Gasteiger partial charge in [-0.1, -0.05) is 153 Å². The smallest absolute Gasteiger partial charge is 0.664 e. The van der Waals surface area contributed by atoms with E-state index < -0.39 is 11.9 Å². The molecule has 1 unspecified atom stereocenters. The Hall–Kier alpha value is -4.09. The van der Waals surface area contributed by atoms with Gasteiger partial charge in [0, 0.05) is 17.5 Å². The molecule has 2 aromatic rings. The van der Waals surface area contributed by atoms with Crippen molar-refractivity contribution in [3.8, 4) is 0 Å². The molecular formula is C55H74MgN4O6-2. The molecule has 8 bridgehead atoms. The van der Waals surface area contributed by atoms with Crippen LogP contribution in [0.25, 0.3) is 34.4 Å². The minimum Gasteiger partial charge on any atom is -0.664 e. The van der Waals surface area contributed by atoms with E-state index in [1.165, 1.54) is 58.5 Å². The van der Waals surface area contributed by atoms with Gasteiger partial charge < -0.3 is 30.1 Å². The summed E-state index contributed by atoms with van der Waals surface area (Å²) in [6.45, 7) is 23.4. The summed E-state index contributed by atoms with van der Waals surface area (Å²) in [5, 5.41) is 10.2. The van der Waals surface area contributed by atoms with Gasteiger partial charge in [-0.3, -0.25) is 19.2 Å². The van der Waals surface area contributed by atoms with Crippen LogP contribution in [-0.2, 0) is 19.1 Å². The average molecular weight is 912 g/mol. The van der Waals surface area contributed by atoms with Gasteiger partial charge in [0.2, 0.25) is 0 Å². The quantitative estimate of drug-likeness (QED) is 0.0553. The van der Waals surface area contributed by atoms with Crippen LogP contribution in [0.1, 0.15) is 194 Å². The van der Waals surface area contributed by atoms with Gasteiger partial charge in [0.05, 0.1) is 13.7 Å². The monoisotopic (exact) mass is 911 g/mol. The van der Waals surface area contributed by atoms with Crippen molar-refractivity contribution in [2.24, 2.45) is 47.3 Å². The summed E-state index contributed by atoms with van der Waals surface area (Å²) in [6.07, 6.45) is 20.5. The topological polar surface area (TPSA) is 143 Å². The molecule has 5 heterocycles. The number of ketones is 2. The molecule has 0 aromatic carbocycles. The Morgan fingerprint density at radius 3 is 1.95 bits per heavy atom. The van der Waals surface area contributed by atoms with E-state index >= 15 is 0 Å². The molecule has 11 heteroatoms. The molecule has 7 atom stereocenters. The number of rotatable bonds is 20. The van der Waals surface area contributed by atoms with E-state index in [4.69, 9.17) is 30.1 Å². The molecule has 0 radical (unpaired) electrons. The van der Waals surface area contributed by atoms with Crippen molar-refractivity contribution < 1.29 is 28.7 Å². The summed E-state index contributed by atoms with van der Waals surface area (Å²) in [4.78, 5) is 64.7. The SMILES string of the molecule is C/C=C1/C2=C/c3[n-]c4c(c3C)C(=O)[C@H](C(=O)OC)/C4=C3/[N-]/C(=C\c4[n-]c(c(C(C)=O)c4C)/C=C(\[N-]2)[C@@H]1C)[C@@H](C)[C@@H]3CCC(=O)OCCC(C)CCC[C@@H](C)CCC[C@H](C)CCCC(C)C.[Mg+2]. The summed E-state index contributed by atoms with van der Waals surface area (Å²) in [5.74, 6) is -0.573. The van der Waals surface area contributed by atoms with Crippen LogP contribution in [0.3, 0.4) is 0 Å². The van der Waals surface area contributed by atoms with Crippen LogP contribution in [0.5, 0.6) is 0 Å². The second-order valence-electron chi connectivity index (χ2n) is 20.2. The number of hydrogen-bond donors (Lipinski definition) is 0. The van der Waals surface area contributed by atoms with Gasteiger partial charge >= 0.3 is 35.0 Å². The Morgan fingerprint density at radius 2 is 1.36 bits per heavy atom. The van der Waals surface area contributed by atoms with Crippen molar-refractivity contribution in [3.63, 3.8) is 0 Å². The first-order chi connectivity index (χ1) is 30.9. The van der Waals surface area contributed by atoms with Gasteiger partial charge in [-0.15, -0.1) is 28.5 Å². The fraction of sp³-hybridized carbons (Fsp3) is 0.600. The second-order valence-corrected chi connectivity index (χ2v) is 20.2. The molecule has 3 aliphatic heterocycles. The molecule has 4 aliphatic rings. The maximum atomic E-state index is 14.4. The Bertz CT molecular complexity index is 2280. The molecule has 354 valence electrons. The van der Waals surface area contributed by atoms with Gasteiger partial charge in [0.25, 0.3) is 0 Å². The van der Waals surface area contributed by atoms with E-state index in [-0.39, 0.29) is 64.8 Å². The Morgan fingerprint density at radius 1 is 0.773 bits per heavy atom. The zero-order valence-corrected chi connectivity index (χ0v) is 43.5. The number of hydrogen-bond acceptors (Lipinski definition) is 6. The van der Waals surface area contributed by atoms with Crippen molar-refractivity contribution in [1.82, 2.24) is 9.97 Å². The maximum Gasteiger partial charge on any atom is 2.00 e. The molecule has 1 aliphatic carbocycles. The van der Waals surface area contributed by atoms with Crippen LogP contribution in [0.15, 0.2) is 34.4 Å². The maximum absolute atomic E-state index is 14.4. The van der Waals surface area contributed by atoms with Crippen LogP contribution in [0.4, 0.5) is 0 Å². The zero-order valence-electron chi connectivity index (χ0n) is 42.1. The van der Waals surface area contributed by atoms with Crippen LogP contribution < -0.4 is 9.97 Å². The number of allylic oxidation sites excluding steroid dienone is 5. The summed E-state index contributed by atoms with van der Waals surface area (Å²) < 4.78 is 11.1. The van der Waals surface area contributed by atoms with Crippen LogP contribution in [0.2, 0.25) is 0 Å². The molecule has 6 rings (SSSR count). The van der Waals surface area contributed by atoms with Crippen molar-refractivity contribution >= 4 is 70.4 Å². The first-order valence-electron chi connectivity index (χ1n) is 24.6. The number of ether oxygens (including phenoxy) is 2. The fourth-order valence-electron chi connectivity index (χ4n) is 10.5. The standard InChI is InChI=1S/C55H76N4O6.Mg/c1-13-39-34(7)41-29-46-48(38(11)60)36(9)43(57-46)27-42-35(8)40(52(58-42)50-51(55(63)64-12)54(62)49-37(10)44(59-53(49)50)28-45(39)56-41)23-24-47(61)65-26-25-33(6)22-16-21-32(5)20-15-19-31(4)18-14-17-30(2)3;/h13,27-35,40,51H,14-26H2,1-12H3,(H2-2,56,57,58,59,60,62);/q-2;+2/p-2/b39-13+,42-27-,45-28-;/t31-,32+,33?,34-,35+,40+,51-;/m1./s1. The van der Waals surface area contributed by atoms with Crippen LogP contribution in [0, 0.1) is 61.2 Å². The number of fused-ring (bicyclic) bond motifs is 7. The Labute approximate surface area is 411 Å². The van der Waals surface area contributed by atoms with Crippen molar-refractivity contribution in [2.45, 2.75) is 153 Å². The van der Waals surface area contributed by atoms with E-state index in [1.807, 2.05) is 52.0 Å². The van der Waals surface area contributed by atoms with E-state index in [0.29, 0.717) is 81.1 Å². The van der Waals surface area contributed by atoms with E-state index in [9.17, 15) is 19.2 Å². The summed E-state index contributed by atoms with van der Waals surface area (Å²) >= 11 is 0. The summed E-state index contributed by atoms with van der Waals surface area (Å²) in [7, 11) is 1.28. The predicted molar refractivity (Wildman–Crippen MR) is 266 cm³/mol. The number of methoxy groups -OCH3 is 1. The molecule has 0 saturated carbocycles. The fourth-order valence-corrected chi connectivity index (χ4v) is 10.5. The van der Waals surface area contributed by atoms with E-state index in [0.717, 1.165) is 47.4 Å². The molecule has 2 saturated heterocycles. The molecule has 66 heavy (non-hydrogen) atoms. The second kappa shape index (κ2) is 23.3. The number of Topliss-reactive ketones (excluding diaryl/α,β-unsaturated/α-hetero) is 2. The normalized spacial score (nSPS) is 25.2. The molecule has 2 aromatic heterocycles. The molecule has 2 fully saturated rings. The van der Waals surface area contributed by atoms with Gasteiger partial charge in [0.15, 0.2) is 11.6 Å². The third-order valence-electron chi connectivity index (χ3n) is 14.7. The van der Waals surface area contributed by atoms with E-state index in [2.05, 4.69) is 41.5 Å². The number of carbonyl (C=O) groups excluding carboxylic acids is 4. The summed E-state index contributed by atoms with van der Waals surface area (Å²) in [6, 6.07) is 0. The molecule has 0 spiro atoms. The Balaban J connectivity index is 0.00000817. The van der Waals surface area contributed by atoms with Crippen molar-refractivity contribution in [1.29, 1.82) is 0 Å². The van der Waals surface area contributed by atoms with Crippen molar-refractivity contribution in [2.75, 3.05) is 13.7 Å². The van der Waals surface area contributed by atoms with Gasteiger partial charge in [-0.05, 0) is 82.0 Å². The number of carbonyl (C=O) groups is 4. The van der Waals surface area contributed by atoms with Crippen LogP contribution in [-0.4, -0.2) is 60.3 Å². The van der Waals surface area contributed by atoms with Gasteiger partial charge in [-0.25, -0.2) is 0 Å². The number of nitrogens with zero attached hydrogens (tertiary/aromatic N) is 4. The molecule has 0 N–H and O–H groups in total. The molecule has 10 nitrogen and oxygen atoms in total. The average Bonchev–Trinajstić information content (AvgIpc) is 4.00. The first-order valence-corrected chi connectivity index (χ1v) is 24.6. The number of esters is 2. The van der Waals surface area contributed by atoms with Crippen LogP contribution >= 0.6 is 0 Å². The third kappa shape index (κ3) is 11.8. The van der Waals surface area contributed by atoms with Gasteiger partial charge in [0.1, 0.15) is 5.92 Å². The minimum atomic E-state index is -1.25. The third-order valence-corrected chi connectivity index (χ3v) is 14.7. The van der Waals surface area contributed by atoms with Crippen molar-refractivity contribution in [3.05, 3.63) is 90.1 Å². The number of aromatic nitrogens is 2. The summed E-state index contributed by atoms with van der Waals surface area (Å²) in [5.41, 5.74) is 8.53.